The largest absolute Gasteiger partial charge is 0.335 e. The maximum atomic E-state index is 11.8. The van der Waals surface area contributed by atoms with Gasteiger partial charge in [-0.1, -0.05) is 24.6 Å². The molecule has 1 N–H and O–H groups in total. The number of nitrogens with zero attached hydrogens (tertiary/aromatic N) is 2. The average molecular weight is 392 g/mol. The smallest absolute Gasteiger partial charge is 0.317 e. The van der Waals surface area contributed by atoms with E-state index in [1.54, 1.807) is 19.0 Å². The summed E-state index contributed by atoms with van der Waals surface area (Å²) in [6.07, 6.45) is 7.10. The Hall–Kier alpha value is -1.26. The molecule has 0 bridgehead atoms. The van der Waals surface area contributed by atoms with Crippen LogP contribution in [0.3, 0.4) is 0 Å². The molecule has 27 heavy (non-hydrogen) atoms. The molecule has 1 saturated carbocycles. The number of carbonyl (C=O) groups is 1. The first-order valence-corrected chi connectivity index (χ1v) is 10.8. The molecule has 1 heterocycles. The van der Waals surface area contributed by atoms with Gasteiger partial charge >= 0.3 is 6.03 Å². The van der Waals surface area contributed by atoms with Crippen molar-refractivity contribution in [3.8, 4) is 0 Å². The molecule has 1 aromatic rings. The lowest BCUT2D eigenvalue weighted by Gasteiger charge is -2.31. The van der Waals surface area contributed by atoms with E-state index in [9.17, 15) is 4.79 Å². The SMILES string of the molecule is C[C@H]1CN(CCC2CCC(NC(=O)N(C)C)CC2)CCc2ccc(Cl)cc21. The summed E-state index contributed by atoms with van der Waals surface area (Å²) in [7, 11) is 3.60. The predicted octanol–water partition coefficient (Wildman–Crippen LogP) is 4.52. The molecule has 1 aliphatic carbocycles. The minimum Gasteiger partial charge on any atom is -0.335 e. The molecule has 3 rings (SSSR count). The van der Waals surface area contributed by atoms with Crippen LogP contribution in [0.1, 0.15) is 56.1 Å². The average Bonchev–Trinajstić information content (AvgIpc) is 2.80. The summed E-state index contributed by atoms with van der Waals surface area (Å²) in [5, 5.41) is 3.99. The van der Waals surface area contributed by atoms with Crippen molar-refractivity contribution in [2.75, 3.05) is 33.7 Å². The number of rotatable bonds is 4. The van der Waals surface area contributed by atoms with Crippen LogP contribution < -0.4 is 5.32 Å². The molecule has 5 heteroatoms. The van der Waals surface area contributed by atoms with Crippen LogP contribution in [-0.2, 0) is 6.42 Å². The summed E-state index contributed by atoms with van der Waals surface area (Å²) in [5.74, 6) is 1.34. The van der Waals surface area contributed by atoms with E-state index in [0.717, 1.165) is 43.3 Å². The molecular formula is C22H34ClN3O. The molecule has 0 unspecified atom stereocenters. The van der Waals surface area contributed by atoms with Gasteiger partial charge in [0.1, 0.15) is 0 Å². The lowest BCUT2D eigenvalue weighted by atomic mass is 9.84. The van der Waals surface area contributed by atoms with Crippen molar-refractivity contribution in [3.63, 3.8) is 0 Å². The quantitative estimate of drug-likeness (QED) is 0.818. The van der Waals surface area contributed by atoms with E-state index in [1.165, 1.54) is 36.9 Å². The third-order valence-electron chi connectivity index (χ3n) is 6.30. The topological polar surface area (TPSA) is 35.6 Å². The van der Waals surface area contributed by atoms with Gasteiger partial charge in [0, 0.05) is 38.2 Å². The lowest BCUT2D eigenvalue weighted by Crippen LogP contribution is -2.43. The Kier molecular flexibility index (Phi) is 7.04. The zero-order valence-corrected chi connectivity index (χ0v) is 17.8. The molecule has 2 aliphatic rings. The highest BCUT2D eigenvalue weighted by Gasteiger charge is 2.25. The summed E-state index contributed by atoms with van der Waals surface area (Å²) in [6.45, 7) is 5.78. The van der Waals surface area contributed by atoms with Crippen LogP contribution in [0.2, 0.25) is 5.02 Å². The van der Waals surface area contributed by atoms with Crippen molar-refractivity contribution in [1.29, 1.82) is 0 Å². The van der Waals surface area contributed by atoms with Gasteiger partial charge in [-0.15, -0.1) is 0 Å². The van der Waals surface area contributed by atoms with E-state index in [0.29, 0.717) is 12.0 Å². The van der Waals surface area contributed by atoms with Gasteiger partial charge in [0.15, 0.2) is 0 Å². The molecule has 0 saturated heterocycles. The van der Waals surface area contributed by atoms with Crippen molar-refractivity contribution < 1.29 is 4.79 Å². The first-order valence-electron chi connectivity index (χ1n) is 10.4. The fourth-order valence-electron chi connectivity index (χ4n) is 4.58. The predicted molar refractivity (Wildman–Crippen MR) is 113 cm³/mol. The Morgan fingerprint density at radius 1 is 1.26 bits per heavy atom. The normalized spacial score (nSPS) is 26.1. The minimum atomic E-state index is 0.0386. The van der Waals surface area contributed by atoms with Gasteiger partial charge in [0.05, 0.1) is 0 Å². The number of fused-ring (bicyclic) bond motifs is 1. The van der Waals surface area contributed by atoms with Gasteiger partial charge in [-0.2, -0.15) is 0 Å². The highest BCUT2D eigenvalue weighted by molar-refractivity contribution is 6.30. The maximum absolute atomic E-state index is 11.8. The van der Waals surface area contributed by atoms with Crippen molar-refractivity contribution in [2.45, 2.75) is 57.4 Å². The van der Waals surface area contributed by atoms with E-state index in [1.807, 2.05) is 6.07 Å². The number of urea groups is 1. The number of benzene rings is 1. The van der Waals surface area contributed by atoms with Gasteiger partial charge in [-0.3, -0.25) is 0 Å². The van der Waals surface area contributed by atoms with Crippen LogP contribution >= 0.6 is 11.6 Å². The molecule has 1 aliphatic heterocycles. The Labute approximate surface area is 169 Å². The van der Waals surface area contributed by atoms with Gasteiger partial charge in [-0.25, -0.2) is 4.79 Å². The van der Waals surface area contributed by atoms with E-state index in [-0.39, 0.29) is 6.03 Å². The third-order valence-corrected chi connectivity index (χ3v) is 6.54. The van der Waals surface area contributed by atoms with E-state index in [2.05, 4.69) is 29.3 Å². The van der Waals surface area contributed by atoms with Crippen LogP contribution in [0.5, 0.6) is 0 Å². The van der Waals surface area contributed by atoms with E-state index in [4.69, 9.17) is 11.6 Å². The number of nitrogens with one attached hydrogen (secondary N) is 1. The van der Waals surface area contributed by atoms with Crippen LogP contribution in [0.15, 0.2) is 18.2 Å². The zero-order valence-electron chi connectivity index (χ0n) is 17.0. The summed E-state index contributed by atoms with van der Waals surface area (Å²) >= 11 is 6.21. The van der Waals surface area contributed by atoms with Crippen molar-refractivity contribution in [3.05, 3.63) is 34.3 Å². The van der Waals surface area contributed by atoms with E-state index >= 15 is 0 Å². The Morgan fingerprint density at radius 2 is 2.00 bits per heavy atom. The second-order valence-electron chi connectivity index (χ2n) is 8.65. The van der Waals surface area contributed by atoms with Crippen LogP contribution in [0.25, 0.3) is 0 Å². The second kappa shape index (κ2) is 9.29. The first-order chi connectivity index (χ1) is 12.9. The summed E-state index contributed by atoms with van der Waals surface area (Å²) in [4.78, 5) is 16.1. The van der Waals surface area contributed by atoms with Crippen molar-refractivity contribution in [1.82, 2.24) is 15.1 Å². The molecule has 0 aromatic heterocycles. The Bertz CT molecular complexity index is 640. The van der Waals surface area contributed by atoms with Gasteiger partial charge in [-0.05, 0) is 80.2 Å². The molecule has 1 fully saturated rings. The second-order valence-corrected chi connectivity index (χ2v) is 9.08. The fraction of sp³-hybridized carbons (Fsp3) is 0.682. The maximum Gasteiger partial charge on any atom is 0.317 e. The summed E-state index contributed by atoms with van der Waals surface area (Å²) in [6, 6.07) is 6.79. The highest BCUT2D eigenvalue weighted by Crippen LogP contribution is 2.30. The van der Waals surface area contributed by atoms with E-state index < -0.39 is 0 Å². The number of carbonyl (C=O) groups excluding carboxylic acids is 1. The first kappa shape index (κ1) is 20.5. The number of hydrogen-bond acceptors (Lipinski definition) is 2. The summed E-state index contributed by atoms with van der Waals surface area (Å²) < 4.78 is 0. The van der Waals surface area contributed by atoms with Gasteiger partial charge < -0.3 is 15.1 Å². The molecule has 1 atom stereocenters. The molecule has 2 amide bonds. The summed E-state index contributed by atoms with van der Waals surface area (Å²) in [5.41, 5.74) is 2.90. The zero-order chi connectivity index (χ0) is 19.4. The standard InChI is InChI=1S/C22H34ClN3O/c1-16-15-26(13-11-18-6-7-19(23)14-21(16)18)12-10-17-4-8-20(9-5-17)24-22(27)25(2)3/h6-7,14,16-17,20H,4-5,8-13,15H2,1-3H3,(H,24,27)/t16-,17?,20?/m0/s1. The van der Waals surface area contributed by atoms with Crippen molar-refractivity contribution >= 4 is 17.6 Å². The molecule has 1 aromatic carbocycles. The highest BCUT2D eigenvalue weighted by atomic mass is 35.5. The molecule has 4 nitrogen and oxygen atoms in total. The van der Waals surface area contributed by atoms with Crippen LogP contribution in [-0.4, -0.2) is 55.6 Å². The lowest BCUT2D eigenvalue weighted by molar-refractivity contribution is 0.196. The Balaban J connectivity index is 1.43. The third kappa shape index (κ3) is 5.61. The van der Waals surface area contributed by atoms with Crippen molar-refractivity contribution in [2.24, 2.45) is 5.92 Å². The fourth-order valence-corrected chi connectivity index (χ4v) is 4.76. The number of hydrogen-bond donors (Lipinski definition) is 1. The number of amides is 2. The monoisotopic (exact) mass is 391 g/mol. The molecule has 0 spiro atoms. The Morgan fingerprint density at radius 3 is 2.70 bits per heavy atom. The van der Waals surface area contributed by atoms with Gasteiger partial charge in [0.2, 0.25) is 0 Å². The van der Waals surface area contributed by atoms with Crippen LogP contribution in [0, 0.1) is 5.92 Å². The molecule has 0 radical (unpaired) electrons. The van der Waals surface area contributed by atoms with Gasteiger partial charge in [0.25, 0.3) is 0 Å². The molecular weight excluding hydrogens is 358 g/mol. The number of halogens is 1. The van der Waals surface area contributed by atoms with Crippen LogP contribution in [0.4, 0.5) is 4.79 Å². The molecule has 150 valence electrons. The minimum absolute atomic E-state index is 0.0386.